The van der Waals surface area contributed by atoms with Gasteiger partial charge in [0, 0.05) is 24.0 Å². The highest BCUT2D eigenvalue weighted by Gasteiger charge is 2.17. The van der Waals surface area contributed by atoms with E-state index in [1.807, 2.05) is 40.7 Å². The zero-order valence-corrected chi connectivity index (χ0v) is 13.7. The monoisotopic (exact) mass is 302 g/mol. The summed E-state index contributed by atoms with van der Waals surface area (Å²) >= 11 is 0. The fourth-order valence-corrected chi connectivity index (χ4v) is 2.18. The fourth-order valence-electron chi connectivity index (χ4n) is 2.18. The van der Waals surface area contributed by atoms with Gasteiger partial charge in [0.2, 0.25) is 0 Å². The van der Waals surface area contributed by atoms with Crippen molar-refractivity contribution in [1.29, 1.82) is 0 Å². The first-order valence-electron chi connectivity index (χ1n) is 7.21. The molecule has 1 amide bonds. The highest BCUT2D eigenvalue weighted by molar-refractivity contribution is 5.93. The number of aromatic amines is 1. The molecule has 0 aliphatic heterocycles. The molecule has 0 atom stereocenters. The Morgan fingerprint density at radius 1 is 1.36 bits per heavy atom. The molecule has 0 saturated heterocycles. The van der Waals surface area contributed by atoms with E-state index in [9.17, 15) is 9.59 Å². The minimum atomic E-state index is -0.241. The Morgan fingerprint density at radius 2 is 2.05 bits per heavy atom. The zero-order valence-electron chi connectivity index (χ0n) is 13.7. The van der Waals surface area contributed by atoms with Crippen LogP contribution in [0.15, 0.2) is 23.3 Å². The molecular formula is C16H22N4O2. The Hall–Kier alpha value is -2.37. The molecule has 2 rings (SSSR count). The highest BCUT2D eigenvalue weighted by atomic mass is 16.2. The first-order valence-corrected chi connectivity index (χ1v) is 7.21. The number of hydrogen-bond acceptors (Lipinski definition) is 3. The van der Waals surface area contributed by atoms with Crippen LogP contribution in [-0.4, -0.2) is 20.7 Å². The summed E-state index contributed by atoms with van der Waals surface area (Å²) in [6, 6.07) is 1.89. The van der Waals surface area contributed by atoms with E-state index in [0.29, 0.717) is 11.1 Å². The lowest BCUT2D eigenvalue weighted by Crippen LogP contribution is -2.28. The number of carbonyl (C=O) groups excluding carboxylic acids is 1. The van der Waals surface area contributed by atoms with E-state index in [1.165, 1.54) is 6.20 Å². The first kappa shape index (κ1) is 16.0. The molecule has 0 aliphatic rings. The number of nitrogens with one attached hydrogen (secondary N) is 2. The summed E-state index contributed by atoms with van der Waals surface area (Å²) in [5.74, 6) is -0.241. The van der Waals surface area contributed by atoms with Crippen molar-refractivity contribution in [3.05, 3.63) is 51.2 Å². The fraction of sp³-hybridized carbons (Fsp3) is 0.438. The molecule has 6 heteroatoms. The van der Waals surface area contributed by atoms with Crippen molar-refractivity contribution in [2.45, 2.75) is 46.7 Å². The third-order valence-corrected chi connectivity index (χ3v) is 3.45. The lowest BCUT2D eigenvalue weighted by atomic mass is 10.1. The Kier molecular flexibility index (Phi) is 4.21. The maximum Gasteiger partial charge on any atom is 0.254 e. The number of aryl methyl sites for hydroxylation is 2. The molecule has 0 fully saturated rings. The van der Waals surface area contributed by atoms with Gasteiger partial charge in [-0.15, -0.1) is 0 Å². The van der Waals surface area contributed by atoms with Crippen molar-refractivity contribution in [2.24, 2.45) is 0 Å². The molecule has 0 saturated carbocycles. The van der Waals surface area contributed by atoms with Crippen LogP contribution in [0.2, 0.25) is 0 Å². The number of aromatic nitrogens is 3. The van der Waals surface area contributed by atoms with Crippen LogP contribution in [0.1, 0.15) is 48.0 Å². The molecule has 0 aromatic carbocycles. The normalized spacial score (nSPS) is 11.5. The summed E-state index contributed by atoms with van der Waals surface area (Å²) in [4.78, 5) is 26.8. The molecule has 0 unspecified atom stereocenters. The number of pyridine rings is 1. The number of hydrogen-bond donors (Lipinski definition) is 2. The van der Waals surface area contributed by atoms with Crippen LogP contribution in [0, 0.1) is 13.8 Å². The van der Waals surface area contributed by atoms with Gasteiger partial charge in [-0.25, -0.2) is 0 Å². The van der Waals surface area contributed by atoms with Gasteiger partial charge in [0.25, 0.3) is 11.5 Å². The number of carbonyl (C=O) groups is 1. The second-order valence-electron chi connectivity index (χ2n) is 6.47. The summed E-state index contributed by atoms with van der Waals surface area (Å²) < 4.78 is 1.74. The van der Waals surface area contributed by atoms with Crippen molar-refractivity contribution in [3.8, 4) is 0 Å². The van der Waals surface area contributed by atoms with Crippen molar-refractivity contribution in [1.82, 2.24) is 20.1 Å². The third kappa shape index (κ3) is 3.44. The van der Waals surface area contributed by atoms with Gasteiger partial charge in [-0.1, -0.05) is 0 Å². The largest absolute Gasteiger partial charge is 0.348 e. The molecule has 118 valence electrons. The minimum absolute atomic E-state index is 0.164. The lowest BCUT2D eigenvalue weighted by Gasteiger charge is -2.18. The van der Waals surface area contributed by atoms with E-state index in [2.05, 4.69) is 15.4 Å². The predicted molar refractivity (Wildman–Crippen MR) is 84.9 cm³/mol. The van der Waals surface area contributed by atoms with Crippen LogP contribution >= 0.6 is 0 Å². The topological polar surface area (TPSA) is 79.8 Å². The molecule has 2 heterocycles. The van der Waals surface area contributed by atoms with Crippen molar-refractivity contribution >= 4 is 5.91 Å². The summed E-state index contributed by atoms with van der Waals surface area (Å²) in [6.07, 6.45) is 3.24. The maximum absolute atomic E-state index is 12.2. The predicted octanol–water partition coefficient (Wildman–Crippen LogP) is 1.87. The van der Waals surface area contributed by atoms with E-state index < -0.39 is 0 Å². The van der Waals surface area contributed by atoms with Crippen LogP contribution in [0.4, 0.5) is 0 Å². The molecule has 6 nitrogen and oxygen atoms in total. The van der Waals surface area contributed by atoms with Gasteiger partial charge >= 0.3 is 0 Å². The molecule has 0 spiro atoms. The van der Waals surface area contributed by atoms with Gasteiger partial charge in [-0.3, -0.25) is 14.3 Å². The van der Waals surface area contributed by atoms with Crippen LogP contribution in [0.5, 0.6) is 0 Å². The van der Waals surface area contributed by atoms with E-state index >= 15 is 0 Å². The zero-order chi connectivity index (χ0) is 16.5. The quantitative estimate of drug-likeness (QED) is 0.908. The van der Waals surface area contributed by atoms with E-state index in [1.54, 1.807) is 10.9 Å². The van der Waals surface area contributed by atoms with Gasteiger partial charge in [-0.05, 0) is 46.2 Å². The number of H-pyrrole nitrogens is 1. The average Bonchev–Trinajstić information content (AvgIpc) is 2.86. The van der Waals surface area contributed by atoms with E-state index in [4.69, 9.17) is 0 Å². The minimum Gasteiger partial charge on any atom is -0.348 e. The molecule has 0 bridgehead atoms. The van der Waals surface area contributed by atoms with Crippen molar-refractivity contribution in [2.75, 3.05) is 0 Å². The smallest absolute Gasteiger partial charge is 0.254 e. The Bertz CT molecular complexity index is 750. The summed E-state index contributed by atoms with van der Waals surface area (Å²) in [5, 5.41) is 6.97. The summed E-state index contributed by atoms with van der Waals surface area (Å²) in [6.45, 7) is 9.92. The van der Waals surface area contributed by atoms with E-state index in [-0.39, 0.29) is 23.6 Å². The molecule has 2 aromatic rings. The first-order chi connectivity index (χ1) is 10.2. The standard InChI is InChI=1S/C16H22N4O2/c1-10-6-11(2)19-15(22)13(10)8-17-14(21)12-7-18-20(9-12)16(3,4)5/h6-7,9H,8H2,1-5H3,(H,17,21)(H,19,22). The van der Waals surface area contributed by atoms with Gasteiger partial charge in [0.1, 0.15) is 0 Å². The van der Waals surface area contributed by atoms with Gasteiger partial charge in [-0.2, -0.15) is 5.10 Å². The number of amides is 1. The highest BCUT2D eigenvalue weighted by Crippen LogP contribution is 2.13. The Morgan fingerprint density at radius 3 is 2.59 bits per heavy atom. The van der Waals surface area contributed by atoms with Gasteiger partial charge in [0.15, 0.2) is 0 Å². The van der Waals surface area contributed by atoms with Crippen molar-refractivity contribution < 1.29 is 4.79 Å². The molecule has 0 radical (unpaired) electrons. The van der Waals surface area contributed by atoms with E-state index in [0.717, 1.165) is 11.3 Å². The Labute approximate surface area is 129 Å². The Balaban J connectivity index is 2.11. The average molecular weight is 302 g/mol. The van der Waals surface area contributed by atoms with Crippen LogP contribution in [-0.2, 0) is 12.1 Å². The maximum atomic E-state index is 12.2. The second-order valence-corrected chi connectivity index (χ2v) is 6.47. The molecule has 2 aromatic heterocycles. The summed E-state index contributed by atoms with van der Waals surface area (Å²) in [5.41, 5.74) is 2.39. The molecule has 0 aliphatic carbocycles. The van der Waals surface area contributed by atoms with Gasteiger partial charge in [0.05, 0.1) is 17.3 Å². The SMILES string of the molecule is Cc1cc(C)c(CNC(=O)c2cnn(C(C)(C)C)c2)c(=O)[nH]1. The summed E-state index contributed by atoms with van der Waals surface area (Å²) in [7, 11) is 0. The molecular weight excluding hydrogens is 280 g/mol. The third-order valence-electron chi connectivity index (χ3n) is 3.45. The van der Waals surface area contributed by atoms with Crippen LogP contribution < -0.4 is 10.9 Å². The number of nitrogens with zero attached hydrogens (tertiary/aromatic N) is 2. The molecule has 2 N–H and O–H groups in total. The molecule has 22 heavy (non-hydrogen) atoms. The van der Waals surface area contributed by atoms with Gasteiger partial charge < -0.3 is 10.3 Å². The van der Waals surface area contributed by atoms with Crippen LogP contribution in [0.25, 0.3) is 0 Å². The number of rotatable bonds is 3. The second kappa shape index (κ2) is 5.79. The van der Waals surface area contributed by atoms with Crippen LogP contribution in [0.3, 0.4) is 0 Å². The lowest BCUT2D eigenvalue weighted by molar-refractivity contribution is 0.0950. The van der Waals surface area contributed by atoms with Crippen molar-refractivity contribution in [3.63, 3.8) is 0 Å².